The van der Waals surface area contributed by atoms with Crippen molar-refractivity contribution in [2.45, 2.75) is 46.3 Å². The molecule has 1 fully saturated rings. The van der Waals surface area contributed by atoms with Crippen molar-refractivity contribution in [2.24, 2.45) is 0 Å². The number of ether oxygens (including phenoxy) is 3. The van der Waals surface area contributed by atoms with E-state index in [9.17, 15) is 4.79 Å². The first-order valence-corrected chi connectivity index (χ1v) is 10.4. The zero-order valence-electron chi connectivity index (χ0n) is 17.9. The molecule has 3 rings (SSSR count). The highest BCUT2D eigenvalue weighted by atomic mass is 16.5. The fourth-order valence-electron chi connectivity index (χ4n) is 3.12. The van der Waals surface area contributed by atoms with Gasteiger partial charge in [0.2, 0.25) is 5.95 Å². The second-order valence-corrected chi connectivity index (χ2v) is 7.37. The lowest BCUT2D eigenvalue weighted by Crippen LogP contribution is -2.32. The van der Waals surface area contributed by atoms with Gasteiger partial charge in [0.15, 0.2) is 0 Å². The van der Waals surface area contributed by atoms with Crippen LogP contribution in [0.25, 0.3) is 0 Å². The molecule has 162 valence electrons. The van der Waals surface area contributed by atoms with Gasteiger partial charge in [0.05, 0.1) is 18.3 Å². The molecule has 8 nitrogen and oxygen atoms in total. The summed E-state index contributed by atoms with van der Waals surface area (Å²) in [5.74, 6) is 1.86. The standard InChI is InChI=1S/C22H30N4O4/c1-4-29-19-9-17(10-20(11-19)30-16(2)3)12-23-22-24-13-18(14-25-22)21(27)26-7-5-6-8-28-15-26/h9-11,13-14,16H,4-8,12,15H2,1-3H3,(H,23,24,25). The topological polar surface area (TPSA) is 85.8 Å². The maximum atomic E-state index is 12.6. The van der Waals surface area contributed by atoms with Crippen molar-refractivity contribution in [1.82, 2.24) is 14.9 Å². The third kappa shape index (κ3) is 6.32. The largest absolute Gasteiger partial charge is 0.494 e. The second-order valence-electron chi connectivity index (χ2n) is 7.37. The normalized spacial score (nSPS) is 14.3. The van der Waals surface area contributed by atoms with Gasteiger partial charge in [-0.05, 0) is 51.3 Å². The van der Waals surface area contributed by atoms with E-state index in [4.69, 9.17) is 14.2 Å². The fraction of sp³-hybridized carbons (Fsp3) is 0.500. The Morgan fingerprint density at radius 1 is 1.20 bits per heavy atom. The third-order valence-corrected chi connectivity index (χ3v) is 4.47. The Morgan fingerprint density at radius 3 is 2.70 bits per heavy atom. The van der Waals surface area contributed by atoms with Gasteiger partial charge in [-0.1, -0.05) is 0 Å². The highest BCUT2D eigenvalue weighted by Crippen LogP contribution is 2.24. The number of hydrogen-bond acceptors (Lipinski definition) is 7. The minimum atomic E-state index is -0.108. The number of carbonyl (C=O) groups excluding carboxylic acids is 1. The highest BCUT2D eigenvalue weighted by molar-refractivity contribution is 5.93. The first-order valence-electron chi connectivity index (χ1n) is 10.4. The number of hydrogen-bond donors (Lipinski definition) is 1. The molecule has 1 aliphatic rings. The van der Waals surface area contributed by atoms with E-state index in [-0.39, 0.29) is 12.0 Å². The zero-order chi connectivity index (χ0) is 21.3. The first-order chi connectivity index (χ1) is 14.5. The van der Waals surface area contributed by atoms with Crippen LogP contribution in [0.15, 0.2) is 30.6 Å². The van der Waals surface area contributed by atoms with E-state index in [2.05, 4.69) is 15.3 Å². The number of benzene rings is 1. The van der Waals surface area contributed by atoms with E-state index in [1.54, 1.807) is 17.3 Å². The van der Waals surface area contributed by atoms with Crippen LogP contribution in [0.4, 0.5) is 5.95 Å². The van der Waals surface area contributed by atoms with E-state index in [1.807, 2.05) is 39.0 Å². The summed E-state index contributed by atoms with van der Waals surface area (Å²) in [6.07, 6.45) is 5.08. The van der Waals surface area contributed by atoms with E-state index in [0.717, 1.165) is 29.9 Å². The number of amides is 1. The molecule has 8 heteroatoms. The van der Waals surface area contributed by atoms with Crippen LogP contribution in [0.3, 0.4) is 0 Å². The van der Waals surface area contributed by atoms with Crippen LogP contribution >= 0.6 is 0 Å². The molecule has 1 amide bonds. The van der Waals surface area contributed by atoms with Crippen LogP contribution in [0, 0.1) is 0 Å². The molecule has 2 aromatic rings. The molecule has 0 radical (unpaired) electrons. The molecule has 1 saturated heterocycles. The van der Waals surface area contributed by atoms with E-state index >= 15 is 0 Å². The molecule has 0 aliphatic carbocycles. The molecule has 30 heavy (non-hydrogen) atoms. The Hall–Kier alpha value is -2.87. The molecule has 0 spiro atoms. The van der Waals surface area contributed by atoms with E-state index in [0.29, 0.717) is 44.5 Å². The summed E-state index contributed by atoms with van der Waals surface area (Å²) in [7, 11) is 0. The Morgan fingerprint density at radius 2 is 1.97 bits per heavy atom. The summed E-state index contributed by atoms with van der Waals surface area (Å²) in [5, 5.41) is 3.18. The number of anilines is 1. The first kappa shape index (κ1) is 21.8. The van der Waals surface area contributed by atoms with Gasteiger partial charge < -0.3 is 24.4 Å². The average Bonchev–Trinajstić information content (AvgIpc) is 3.01. The maximum absolute atomic E-state index is 12.6. The molecule has 2 heterocycles. The number of carbonyl (C=O) groups is 1. The summed E-state index contributed by atoms with van der Waals surface area (Å²) in [5.41, 5.74) is 1.44. The smallest absolute Gasteiger partial charge is 0.258 e. The van der Waals surface area contributed by atoms with Crippen molar-refractivity contribution in [3.63, 3.8) is 0 Å². The van der Waals surface area contributed by atoms with Crippen LogP contribution in [0.5, 0.6) is 11.5 Å². The average molecular weight is 415 g/mol. The van der Waals surface area contributed by atoms with Crippen LogP contribution in [-0.4, -0.2) is 53.4 Å². The minimum absolute atomic E-state index is 0.0747. The molecule has 1 aromatic heterocycles. The van der Waals surface area contributed by atoms with Gasteiger partial charge in [0.25, 0.3) is 5.91 Å². The molecule has 0 bridgehead atoms. The van der Waals surface area contributed by atoms with Crippen molar-refractivity contribution in [1.29, 1.82) is 0 Å². The Kier molecular flexibility index (Phi) is 7.84. The molecule has 0 atom stereocenters. The minimum Gasteiger partial charge on any atom is -0.494 e. The summed E-state index contributed by atoms with van der Waals surface area (Å²) >= 11 is 0. The van der Waals surface area contributed by atoms with Gasteiger partial charge in [-0.3, -0.25) is 4.79 Å². The molecule has 0 unspecified atom stereocenters. The third-order valence-electron chi connectivity index (χ3n) is 4.47. The van der Waals surface area contributed by atoms with Crippen molar-refractivity contribution >= 4 is 11.9 Å². The van der Waals surface area contributed by atoms with Gasteiger partial charge >= 0.3 is 0 Å². The number of nitrogens with one attached hydrogen (secondary N) is 1. The second kappa shape index (κ2) is 10.8. The molecule has 1 N–H and O–H groups in total. The predicted molar refractivity (Wildman–Crippen MR) is 114 cm³/mol. The fourth-order valence-corrected chi connectivity index (χ4v) is 3.12. The quantitative estimate of drug-likeness (QED) is 0.708. The van der Waals surface area contributed by atoms with Gasteiger partial charge in [-0.25, -0.2) is 9.97 Å². The monoisotopic (exact) mass is 414 g/mol. The lowest BCUT2D eigenvalue weighted by molar-refractivity contribution is 0.0368. The van der Waals surface area contributed by atoms with Crippen LogP contribution in [0.2, 0.25) is 0 Å². The van der Waals surface area contributed by atoms with Crippen LogP contribution < -0.4 is 14.8 Å². The van der Waals surface area contributed by atoms with Gasteiger partial charge in [-0.2, -0.15) is 0 Å². The highest BCUT2D eigenvalue weighted by Gasteiger charge is 2.18. The van der Waals surface area contributed by atoms with Crippen molar-refractivity contribution < 1.29 is 19.0 Å². The van der Waals surface area contributed by atoms with Crippen LogP contribution in [0.1, 0.15) is 49.5 Å². The summed E-state index contributed by atoms with van der Waals surface area (Å²) < 4.78 is 16.9. The predicted octanol–water partition coefficient (Wildman–Crippen LogP) is 3.48. The zero-order valence-corrected chi connectivity index (χ0v) is 17.9. The number of rotatable bonds is 8. The molecule has 0 saturated carbocycles. The molecule has 1 aromatic carbocycles. The van der Waals surface area contributed by atoms with Crippen molar-refractivity contribution in [3.05, 3.63) is 41.7 Å². The molecular weight excluding hydrogens is 384 g/mol. The van der Waals surface area contributed by atoms with E-state index < -0.39 is 0 Å². The Bertz CT molecular complexity index is 818. The molecular formula is C22H30N4O4. The summed E-state index contributed by atoms with van der Waals surface area (Å²) in [6, 6.07) is 5.81. The van der Waals surface area contributed by atoms with Crippen LogP contribution in [-0.2, 0) is 11.3 Å². The summed E-state index contributed by atoms with van der Waals surface area (Å²) in [4.78, 5) is 22.9. The Balaban J connectivity index is 1.63. The lowest BCUT2D eigenvalue weighted by atomic mass is 10.2. The van der Waals surface area contributed by atoms with Gasteiger partial charge in [0, 0.05) is 38.2 Å². The SMILES string of the molecule is CCOc1cc(CNc2ncc(C(=O)N3CCCCOC3)cn2)cc(OC(C)C)c1. The number of nitrogens with zero attached hydrogens (tertiary/aromatic N) is 3. The van der Waals surface area contributed by atoms with E-state index in [1.165, 1.54) is 0 Å². The Labute approximate surface area is 177 Å². The maximum Gasteiger partial charge on any atom is 0.258 e. The van der Waals surface area contributed by atoms with Crippen molar-refractivity contribution in [3.8, 4) is 11.5 Å². The van der Waals surface area contributed by atoms with Crippen molar-refractivity contribution in [2.75, 3.05) is 31.8 Å². The molecule has 1 aliphatic heterocycles. The van der Waals surface area contributed by atoms with Gasteiger partial charge in [-0.15, -0.1) is 0 Å². The lowest BCUT2D eigenvalue weighted by Gasteiger charge is -2.19. The number of aromatic nitrogens is 2. The summed E-state index contributed by atoms with van der Waals surface area (Å²) in [6.45, 7) is 8.70. The van der Waals surface area contributed by atoms with Gasteiger partial charge in [0.1, 0.15) is 18.2 Å².